The number of anilines is 2. The second kappa shape index (κ2) is 5.16. The molecule has 2 atom stereocenters. The van der Waals surface area contributed by atoms with Crippen molar-refractivity contribution in [1.82, 2.24) is 15.0 Å². The summed E-state index contributed by atoms with van der Waals surface area (Å²) in [4.78, 5) is 12.2. The first-order chi connectivity index (χ1) is 9.26. The number of ether oxygens (including phenoxy) is 2. The minimum absolute atomic E-state index is 0.169. The number of hydrogen-bond acceptors (Lipinski definition) is 7. The van der Waals surface area contributed by atoms with E-state index in [9.17, 15) is 0 Å². The summed E-state index contributed by atoms with van der Waals surface area (Å²) in [5.41, 5.74) is 5.66. The van der Waals surface area contributed by atoms with Crippen molar-refractivity contribution in [3.05, 3.63) is 0 Å². The first-order valence-corrected chi connectivity index (χ1v) is 6.78. The molecule has 0 spiro atoms. The Kier molecular flexibility index (Phi) is 3.37. The molecule has 7 heteroatoms. The molecule has 104 valence electrons. The highest BCUT2D eigenvalue weighted by molar-refractivity contribution is 5.34. The largest absolute Gasteiger partial charge is 0.464 e. The Balaban J connectivity index is 1.71. The number of nitrogens with zero attached hydrogens (tertiary/aromatic N) is 3. The van der Waals surface area contributed by atoms with Gasteiger partial charge in [0, 0.05) is 6.61 Å². The van der Waals surface area contributed by atoms with Crippen LogP contribution in [0.1, 0.15) is 26.2 Å². The molecule has 1 saturated heterocycles. The molecule has 1 aromatic heterocycles. The molecule has 0 radical (unpaired) electrons. The molecule has 3 N–H and O–H groups in total. The average molecular weight is 265 g/mol. The van der Waals surface area contributed by atoms with Gasteiger partial charge in [-0.1, -0.05) is 0 Å². The van der Waals surface area contributed by atoms with E-state index in [-0.39, 0.29) is 24.1 Å². The summed E-state index contributed by atoms with van der Waals surface area (Å²) in [7, 11) is 0. The summed E-state index contributed by atoms with van der Waals surface area (Å²) >= 11 is 0. The fourth-order valence-corrected chi connectivity index (χ4v) is 2.45. The molecule has 0 bridgehead atoms. The zero-order valence-electron chi connectivity index (χ0n) is 11.0. The Morgan fingerprint density at radius 3 is 2.89 bits per heavy atom. The summed E-state index contributed by atoms with van der Waals surface area (Å²) in [6.45, 7) is 3.17. The van der Waals surface area contributed by atoms with E-state index < -0.39 is 0 Å². The van der Waals surface area contributed by atoms with Crippen LogP contribution in [0.15, 0.2) is 0 Å². The lowest BCUT2D eigenvalue weighted by Crippen LogP contribution is -2.31. The van der Waals surface area contributed by atoms with Crippen LogP contribution in [-0.2, 0) is 4.74 Å². The molecule has 2 fully saturated rings. The maximum absolute atomic E-state index is 5.77. The van der Waals surface area contributed by atoms with E-state index in [2.05, 4.69) is 20.3 Å². The maximum atomic E-state index is 5.77. The van der Waals surface area contributed by atoms with Gasteiger partial charge in [0.05, 0.1) is 18.8 Å². The molecular weight excluding hydrogens is 246 g/mol. The fourth-order valence-electron chi connectivity index (χ4n) is 2.45. The van der Waals surface area contributed by atoms with Crippen molar-refractivity contribution in [2.24, 2.45) is 5.92 Å². The van der Waals surface area contributed by atoms with E-state index in [0.29, 0.717) is 18.5 Å². The number of nitrogen functional groups attached to an aromatic ring is 1. The average Bonchev–Trinajstić information content (AvgIpc) is 3.10. The Morgan fingerprint density at radius 1 is 1.32 bits per heavy atom. The maximum Gasteiger partial charge on any atom is 0.323 e. The van der Waals surface area contributed by atoms with Crippen molar-refractivity contribution < 1.29 is 9.47 Å². The van der Waals surface area contributed by atoms with E-state index in [1.54, 1.807) is 0 Å². The highest BCUT2D eigenvalue weighted by Crippen LogP contribution is 2.39. The van der Waals surface area contributed by atoms with E-state index in [1.165, 1.54) is 12.8 Å². The van der Waals surface area contributed by atoms with Crippen molar-refractivity contribution in [2.45, 2.75) is 38.3 Å². The zero-order valence-corrected chi connectivity index (χ0v) is 11.0. The predicted molar refractivity (Wildman–Crippen MR) is 69.9 cm³/mol. The van der Waals surface area contributed by atoms with Crippen molar-refractivity contribution in [1.29, 1.82) is 0 Å². The van der Waals surface area contributed by atoms with Gasteiger partial charge in [-0.15, -0.1) is 0 Å². The van der Waals surface area contributed by atoms with Gasteiger partial charge in [-0.2, -0.15) is 15.0 Å². The van der Waals surface area contributed by atoms with Gasteiger partial charge in [0.25, 0.3) is 0 Å². The summed E-state index contributed by atoms with van der Waals surface area (Å²) in [5, 5.41) is 3.30. The molecule has 2 unspecified atom stereocenters. The van der Waals surface area contributed by atoms with Crippen molar-refractivity contribution in [2.75, 3.05) is 24.3 Å². The van der Waals surface area contributed by atoms with Crippen LogP contribution in [0.4, 0.5) is 11.9 Å². The topological polar surface area (TPSA) is 95.2 Å². The van der Waals surface area contributed by atoms with E-state index in [4.69, 9.17) is 15.2 Å². The van der Waals surface area contributed by atoms with Gasteiger partial charge in [0.2, 0.25) is 11.9 Å². The van der Waals surface area contributed by atoms with Crippen LogP contribution >= 0.6 is 0 Å². The normalized spacial score (nSPS) is 26.4. The third kappa shape index (κ3) is 2.86. The predicted octanol–water partition coefficient (Wildman–Crippen LogP) is 0.832. The highest BCUT2D eigenvalue weighted by Gasteiger charge is 2.40. The molecule has 1 aliphatic heterocycles. The second-order valence-electron chi connectivity index (χ2n) is 4.95. The number of hydrogen-bond donors (Lipinski definition) is 2. The Bertz CT molecular complexity index is 452. The van der Waals surface area contributed by atoms with E-state index in [1.807, 2.05) is 6.92 Å². The van der Waals surface area contributed by atoms with Crippen LogP contribution in [0.25, 0.3) is 0 Å². The van der Waals surface area contributed by atoms with Gasteiger partial charge in [0.15, 0.2) is 0 Å². The number of rotatable bonds is 5. The lowest BCUT2D eigenvalue weighted by atomic mass is 10.1. The van der Waals surface area contributed by atoms with Gasteiger partial charge in [-0.3, -0.25) is 0 Å². The molecule has 2 heterocycles. The minimum atomic E-state index is 0.169. The third-order valence-electron chi connectivity index (χ3n) is 3.44. The molecule has 2 aliphatic rings. The first kappa shape index (κ1) is 12.4. The van der Waals surface area contributed by atoms with Crippen LogP contribution < -0.4 is 15.8 Å². The van der Waals surface area contributed by atoms with Crippen molar-refractivity contribution in [3.63, 3.8) is 0 Å². The van der Waals surface area contributed by atoms with Crippen LogP contribution in [0.2, 0.25) is 0 Å². The van der Waals surface area contributed by atoms with Crippen LogP contribution in [0.5, 0.6) is 6.01 Å². The van der Waals surface area contributed by atoms with E-state index in [0.717, 1.165) is 13.0 Å². The SMILES string of the molecule is CCOc1nc(N)nc(NC2CCOC2C2CC2)n1. The fraction of sp³-hybridized carbons (Fsp3) is 0.750. The minimum Gasteiger partial charge on any atom is -0.464 e. The van der Waals surface area contributed by atoms with Crippen molar-refractivity contribution in [3.8, 4) is 6.01 Å². The highest BCUT2D eigenvalue weighted by atomic mass is 16.5. The Morgan fingerprint density at radius 2 is 2.16 bits per heavy atom. The lowest BCUT2D eigenvalue weighted by Gasteiger charge is -2.19. The molecule has 0 aromatic carbocycles. The summed E-state index contributed by atoms with van der Waals surface area (Å²) in [6, 6.07) is 0.517. The number of nitrogens with two attached hydrogens (primary N) is 1. The molecule has 19 heavy (non-hydrogen) atoms. The lowest BCUT2D eigenvalue weighted by molar-refractivity contribution is 0.0897. The first-order valence-electron chi connectivity index (χ1n) is 6.78. The van der Waals surface area contributed by atoms with Crippen LogP contribution in [-0.4, -0.2) is 40.3 Å². The van der Waals surface area contributed by atoms with E-state index >= 15 is 0 Å². The van der Waals surface area contributed by atoms with Crippen LogP contribution in [0.3, 0.4) is 0 Å². The quantitative estimate of drug-likeness (QED) is 0.814. The van der Waals surface area contributed by atoms with Gasteiger partial charge in [-0.25, -0.2) is 0 Å². The van der Waals surface area contributed by atoms with Gasteiger partial charge >= 0.3 is 6.01 Å². The Hall–Kier alpha value is -1.63. The molecular formula is C12H19N5O2. The molecule has 1 aromatic rings. The molecule has 1 saturated carbocycles. The standard InChI is InChI=1S/C12H19N5O2/c1-2-18-12-16-10(13)15-11(17-12)14-8-5-6-19-9(8)7-3-4-7/h7-9H,2-6H2,1H3,(H3,13,14,15,16,17). The third-order valence-corrected chi connectivity index (χ3v) is 3.44. The summed E-state index contributed by atoms with van der Waals surface area (Å²) in [5.74, 6) is 1.32. The Labute approximate surface area is 111 Å². The van der Waals surface area contributed by atoms with Crippen molar-refractivity contribution >= 4 is 11.9 Å². The van der Waals surface area contributed by atoms with Gasteiger partial charge in [-0.05, 0) is 32.1 Å². The van der Waals surface area contributed by atoms with Gasteiger partial charge in [0.1, 0.15) is 0 Å². The number of nitrogens with one attached hydrogen (secondary N) is 1. The smallest absolute Gasteiger partial charge is 0.323 e. The monoisotopic (exact) mass is 265 g/mol. The zero-order chi connectivity index (χ0) is 13.2. The molecule has 0 amide bonds. The molecule has 7 nitrogen and oxygen atoms in total. The summed E-state index contributed by atoms with van der Waals surface area (Å²) < 4.78 is 11.0. The van der Waals surface area contributed by atoms with Crippen LogP contribution in [0, 0.1) is 5.92 Å². The second-order valence-corrected chi connectivity index (χ2v) is 4.95. The molecule has 1 aliphatic carbocycles. The summed E-state index contributed by atoms with van der Waals surface area (Å²) in [6.07, 6.45) is 3.75. The number of aromatic nitrogens is 3. The van der Waals surface area contributed by atoms with Gasteiger partial charge < -0.3 is 20.5 Å². The molecule has 3 rings (SSSR count).